The molecule has 1 saturated heterocycles. The van der Waals surface area contributed by atoms with Crippen molar-refractivity contribution in [2.75, 3.05) is 19.6 Å². The summed E-state index contributed by atoms with van der Waals surface area (Å²) in [6.45, 7) is 8.83. The molecule has 1 atom stereocenters. The van der Waals surface area contributed by atoms with Crippen molar-refractivity contribution in [1.82, 2.24) is 14.8 Å². The normalized spacial score (nSPS) is 19.4. The summed E-state index contributed by atoms with van der Waals surface area (Å²) in [5, 5.41) is 0. The highest BCUT2D eigenvalue weighted by molar-refractivity contribution is 5.97. The van der Waals surface area contributed by atoms with Gasteiger partial charge in [-0.15, -0.1) is 0 Å². The molecule has 4 rings (SSSR count). The summed E-state index contributed by atoms with van der Waals surface area (Å²) in [5.41, 5.74) is 3.98. The van der Waals surface area contributed by atoms with Crippen LogP contribution in [0.4, 0.5) is 4.39 Å². The molecule has 6 heteroatoms. The third-order valence-electron chi connectivity index (χ3n) is 7.29. The van der Waals surface area contributed by atoms with Crippen LogP contribution < -0.4 is 0 Å². The highest BCUT2D eigenvalue weighted by Gasteiger charge is 2.30. The van der Waals surface area contributed by atoms with Crippen LogP contribution in [0.3, 0.4) is 0 Å². The van der Waals surface area contributed by atoms with Crippen molar-refractivity contribution in [3.63, 3.8) is 0 Å². The number of hydrogen-bond acceptors (Lipinski definition) is 4. The van der Waals surface area contributed by atoms with Crippen LogP contribution in [-0.4, -0.2) is 52.2 Å². The maximum atomic E-state index is 14.5. The predicted molar refractivity (Wildman–Crippen MR) is 127 cm³/mol. The van der Waals surface area contributed by atoms with Gasteiger partial charge in [0, 0.05) is 62.5 Å². The highest BCUT2D eigenvalue weighted by atomic mass is 19.1. The van der Waals surface area contributed by atoms with E-state index in [-0.39, 0.29) is 30.0 Å². The molecule has 5 nitrogen and oxygen atoms in total. The maximum Gasteiger partial charge on any atom is 0.223 e. The van der Waals surface area contributed by atoms with Gasteiger partial charge in [0.1, 0.15) is 5.82 Å². The molecule has 1 aromatic heterocycles. The molecule has 2 fully saturated rings. The molecule has 33 heavy (non-hydrogen) atoms. The van der Waals surface area contributed by atoms with Gasteiger partial charge in [-0.3, -0.25) is 19.5 Å². The molecule has 0 spiro atoms. The van der Waals surface area contributed by atoms with Gasteiger partial charge in [0.2, 0.25) is 5.91 Å². The molecule has 1 aliphatic heterocycles. The Morgan fingerprint density at radius 3 is 2.52 bits per heavy atom. The molecular weight excluding hydrogens is 417 g/mol. The fraction of sp³-hybridized carbons (Fsp3) is 0.519. The number of aryl methyl sites for hydroxylation is 1. The Kier molecular flexibility index (Phi) is 7.23. The van der Waals surface area contributed by atoms with E-state index in [0.717, 1.165) is 35.5 Å². The van der Waals surface area contributed by atoms with Crippen LogP contribution >= 0.6 is 0 Å². The van der Waals surface area contributed by atoms with Gasteiger partial charge < -0.3 is 4.90 Å². The van der Waals surface area contributed by atoms with Crippen molar-refractivity contribution in [2.24, 2.45) is 5.92 Å². The van der Waals surface area contributed by atoms with E-state index < -0.39 is 0 Å². The minimum atomic E-state index is -0.317. The predicted octanol–water partition coefficient (Wildman–Crippen LogP) is 4.49. The number of amides is 1. The van der Waals surface area contributed by atoms with E-state index in [4.69, 9.17) is 0 Å². The van der Waals surface area contributed by atoms with Gasteiger partial charge in [0.15, 0.2) is 5.78 Å². The van der Waals surface area contributed by atoms with Crippen molar-refractivity contribution in [2.45, 2.75) is 65.5 Å². The summed E-state index contributed by atoms with van der Waals surface area (Å²) in [7, 11) is 0. The summed E-state index contributed by atoms with van der Waals surface area (Å²) >= 11 is 0. The molecule has 0 radical (unpaired) electrons. The largest absolute Gasteiger partial charge is 0.337 e. The summed E-state index contributed by atoms with van der Waals surface area (Å²) in [4.78, 5) is 33.9. The molecule has 176 valence electrons. The Labute approximate surface area is 196 Å². The highest BCUT2D eigenvalue weighted by Crippen LogP contribution is 2.30. The van der Waals surface area contributed by atoms with Crippen molar-refractivity contribution in [3.05, 3.63) is 64.2 Å². The zero-order valence-corrected chi connectivity index (χ0v) is 19.9. The second-order valence-corrected chi connectivity index (χ2v) is 9.81. The van der Waals surface area contributed by atoms with E-state index in [9.17, 15) is 14.0 Å². The summed E-state index contributed by atoms with van der Waals surface area (Å²) < 4.78 is 14.5. The summed E-state index contributed by atoms with van der Waals surface area (Å²) in [6, 6.07) is 6.78. The molecule has 0 unspecified atom stereocenters. The zero-order valence-electron chi connectivity index (χ0n) is 19.9. The van der Waals surface area contributed by atoms with Crippen LogP contribution in [0.1, 0.15) is 65.3 Å². The molecule has 0 N–H and O–H groups in total. The molecule has 0 bridgehead atoms. The Morgan fingerprint density at radius 2 is 1.88 bits per heavy atom. The minimum Gasteiger partial charge on any atom is -0.337 e. The average Bonchev–Trinajstić information content (AvgIpc) is 2.74. The van der Waals surface area contributed by atoms with Gasteiger partial charge in [0.05, 0.1) is 0 Å². The number of Topliss-reactive ketones (excluding diaryl/α,β-unsaturated/α-hetero) is 1. The van der Waals surface area contributed by atoms with E-state index in [1.807, 2.05) is 24.8 Å². The number of hydrogen-bond donors (Lipinski definition) is 0. The van der Waals surface area contributed by atoms with Crippen LogP contribution in [0.25, 0.3) is 0 Å². The Hall–Kier alpha value is -2.60. The third-order valence-corrected chi connectivity index (χ3v) is 7.29. The van der Waals surface area contributed by atoms with Crippen LogP contribution in [-0.2, 0) is 17.8 Å². The molecule has 2 aliphatic rings. The number of aromatic nitrogens is 1. The number of piperazine rings is 1. The van der Waals surface area contributed by atoms with E-state index >= 15 is 0 Å². The Balaban J connectivity index is 1.40. The fourth-order valence-electron chi connectivity index (χ4n) is 4.90. The smallest absolute Gasteiger partial charge is 0.223 e. The first-order chi connectivity index (χ1) is 15.8. The molecule has 1 saturated carbocycles. The lowest BCUT2D eigenvalue weighted by Gasteiger charge is -2.41. The topological polar surface area (TPSA) is 53.5 Å². The first-order valence-electron chi connectivity index (χ1n) is 12.1. The fourth-order valence-corrected chi connectivity index (χ4v) is 4.90. The first kappa shape index (κ1) is 23.6. The van der Waals surface area contributed by atoms with E-state index in [2.05, 4.69) is 16.8 Å². The first-order valence-corrected chi connectivity index (χ1v) is 12.1. The Bertz CT molecular complexity index is 1020. The second kappa shape index (κ2) is 10.1. The number of halogens is 1. The van der Waals surface area contributed by atoms with Crippen LogP contribution in [0.2, 0.25) is 0 Å². The van der Waals surface area contributed by atoms with Gasteiger partial charge in [0.25, 0.3) is 0 Å². The van der Waals surface area contributed by atoms with Gasteiger partial charge in [-0.1, -0.05) is 6.42 Å². The number of ketones is 1. The molecular formula is C27H34FN3O2. The van der Waals surface area contributed by atoms with Gasteiger partial charge in [-0.2, -0.15) is 0 Å². The lowest BCUT2D eigenvalue weighted by molar-refractivity contribution is -0.137. The quantitative estimate of drug-likeness (QED) is 0.582. The van der Waals surface area contributed by atoms with Crippen molar-refractivity contribution >= 4 is 11.7 Å². The second-order valence-electron chi connectivity index (χ2n) is 9.81. The number of nitrogens with zero attached hydrogens (tertiary/aromatic N) is 3. The maximum absolute atomic E-state index is 14.5. The van der Waals surface area contributed by atoms with Crippen LogP contribution in [0, 0.1) is 25.6 Å². The molecule has 2 aromatic rings. The molecule has 2 heterocycles. The van der Waals surface area contributed by atoms with Crippen molar-refractivity contribution in [3.8, 4) is 0 Å². The lowest BCUT2D eigenvalue weighted by atomic mass is 9.82. The monoisotopic (exact) mass is 451 g/mol. The molecule has 1 aliphatic carbocycles. The summed E-state index contributed by atoms with van der Waals surface area (Å²) in [6.07, 6.45) is 6.04. The van der Waals surface area contributed by atoms with Gasteiger partial charge in [-0.05, 0) is 80.5 Å². The third kappa shape index (κ3) is 5.67. The lowest BCUT2D eigenvalue weighted by Crippen LogP contribution is -2.54. The van der Waals surface area contributed by atoms with Crippen molar-refractivity contribution < 1.29 is 14.0 Å². The van der Waals surface area contributed by atoms with E-state index in [1.165, 1.54) is 25.3 Å². The minimum absolute atomic E-state index is 0.0608. The SMILES string of the molecule is Cc1ccc(C(=O)Cc2cc(F)cc(CN3CCN(C(=O)CC4CCC4)[C@@H](C)C3)c2C)cn1. The standard InChI is InChI=1S/C27H34FN3O2/c1-18-7-8-22(15-29-18)26(32)14-23-12-25(28)13-24(20(23)3)17-30-9-10-31(19(2)16-30)27(33)11-21-5-4-6-21/h7-8,12-13,15,19,21H,4-6,9-11,14,16-17H2,1-3H3/t19-/m0/s1. The summed E-state index contributed by atoms with van der Waals surface area (Å²) in [5.74, 6) is 0.479. The Morgan fingerprint density at radius 1 is 1.12 bits per heavy atom. The molecule has 1 amide bonds. The number of carbonyl (C=O) groups is 2. The van der Waals surface area contributed by atoms with Crippen LogP contribution in [0.15, 0.2) is 30.5 Å². The van der Waals surface area contributed by atoms with Crippen molar-refractivity contribution in [1.29, 1.82) is 0 Å². The van der Waals surface area contributed by atoms with Gasteiger partial charge in [-0.25, -0.2) is 4.39 Å². The van der Waals surface area contributed by atoms with Gasteiger partial charge >= 0.3 is 0 Å². The van der Waals surface area contributed by atoms with E-state index in [0.29, 0.717) is 31.0 Å². The number of benzene rings is 1. The zero-order chi connectivity index (χ0) is 23.5. The van der Waals surface area contributed by atoms with E-state index in [1.54, 1.807) is 18.3 Å². The number of rotatable bonds is 7. The van der Waals surface area contributed by atoms with Crippen LogP contribution in [0.5, 0.6) is 0 Å². The number of carbonyl (C=O) groups excluding carboxylic acids is 2. The molecule has 1 aromatic carbocycles. The average molecular weight is 452 g/mol. The number of pyridine rings is 1.